The van der Waals surface area contributed by atoms with Gasteiger partial charge in [-0.1, -0.05) is 5.16 Å². The van der Waals surface area contributed by atoms with E-state index >= 15 is 0 Å². The number of hydrogen-bond donors (Lipinski definition) is 0. The topological polar surface area (TPSA) is 88.3 Å². The molecule has 0 N–H and O–H groups in total. The van der Waals surface area contributed by atoms with Crippen LogP contribution >= 0.6 is 0 Å². The predicted molar refractivity (Wildman–Crippen MR) is 101 cm³/mol. The monoisotopic (exact) mass is 378 g/mol. The average Bonchev–Trinajstić information content (AvgIpc) is 3.05. The van der Waals surface area contributed by atoms with E-state index in [9.17, 15) is 4.79 Å². The van der Waals surface area contributed by atoms with Gasteiger partial charge in [0.25, 0.3) is 11.8 Å². The van der Waals surface area contributed by atoms with Crippen molar-refractivity contribution in [3.05, 3.63) is 71.9 Å². The van der Waals surface area contributed by atoms with Crippen molar-refractivity contribution in [2.75, 3.05) is 19.6 Å². The third-order valence-electron chi connectivity index (χ3n) is 4.83. The molecule has 0 spiro atoms. The molecule has 0 aliphatic carbocycles. The zero-order valence-corrected chi connectivity index (χ0v) is 15.7. The smallest absolute Gasteiger partial charge is 0.256 e. The quantitative estimate of drug-likeness (QED) is 0.688. The van der Waals surface area contributed by atoms with Crippen molar-refractivity contribution in [2.45, 2.75) is 25.9 Å². The van der Waals surface area contributed by atoms with Crippen LogP contribution in [-0.2, 0) is 6.54 Å². The van der Waals surface area contributed by atoms with Crippen molar-refractivity contribution in [1.82, 2.24) is 29.9 Å². The molecule has 4 heterocycles. The van der Waals surface area contributed by atoms with Crippen molar-refractivity contribution in [1.29, 1.82) is 0 Å². The molecule has 1 atom stereocenters. The summed E-state index contributed by atoms with van der Waals surface area (Å²) in [6.45, 7) is 4.68. The van der Waals surface area contributed by atoms with E-state index in [0.717, 1.165) is 19.5 Å². The summed E-state index contributed by atoms with van der Waals surface area (Å²) in [6, 6.07) is 7.26. The van der Waals surface area contributed by atoms with Gasteiger partial charge in [-0.05, 0) is 43.2 Å². The fourth-order valence-corrected chi connectivity index (χ4v) is 3.50. The van der Waals surface area contributed by atoms with E-state index in [-0.39, 0.29) is 11.9 Å². The van der Waals surface area contributed by atoms with E-state index in [1.807, 2.05) is 17.0 Å². The summed E-state index contributed by atoms with van der Waals surface area (Å²) in [6.07, 6.45) is 7.71. The molecule has 0 bridgehead atoms. The SMILES string of the molecule is Cc1noc(C2CN(Cc3ccncc3)CCCN2C(=O)c2cccnc2)n1. The van der Waals surface area contributed by atoms with Crippen LogP contribution in [-0.4, -0.2) is 55.4 Å². The van der Waals surface area contributed by atoms with Gasteiger partial charge in [-0.3, -0.25) is 19.7 Å². The van der Waals surface area contributed by atoms with Gasteiger partial charge < -0.3 is 9.42 Å². The first kappa shape index (κ1) is 18.2. The summed E-state index contributed by atoms with van der Waals surface area (Å²) in [5, 5.41) is 3.93. The largest absolute Gasteiger partial charge is 0.337 e. The van der Waals surface area contributed by atoms with Gasteiger partial charge in [-0.15, -0.1) is 0 Å². The Bertz CT molecular complexity index is 915. The second-order valence-corrected chi connectivity index (χ2v) is 6.88. The Morgan fingerprint density at radius 1 is 1.18 bits per heavy atom. The molecular weight excluding hydrogens is 356 g/mol. The van der Waals surface area contributed by atoms with Crippen LogP contribution in [0, 0.1) is 6.92 Å². The summed E-state index contributed by atoms with van der Waals surface area (Å²) in [4.78, 5) is 29.9. The molecule has 144 valence electrons. The fraction of sp³-hybridized carbons (Fsp3) is 0.350. The van der Waals surface area contributed by atoms with Crippen LogP contribution in [0.25, 0.3) is 0 Å². The normalized spacial score (nSPS) is 18.0. The highest BCUT2D eigenvalue weighted by Crippen LogP contribution is 2.26. The molecule has 3 aromatic rings. The number of carbonyl (C=O) groups excluding carboxylic acids is 1. The zero-order chi connectivity index (χ0) is 19.3. The fourth-order valence-electron chi connectivity index (χ4n) is 3.50. The second kappa shape index (κ2) is 8.26. The number of aryl methyl sites for hydroxylation is 1. The molecule has 8 nitrogen and oxygen atoms in total. The minimum Gasteiger partial charge on any atom is -0.337 e. The van der Waals surface area contributed by atoms with E-state index in [1.165, 1.54) is 5.56 Å². The molecule has 1 aliphatic heterocycles. The standard InChI is InChI=1S/C20H22N6O2/c1-15-23-19(28-24-15)18-14-25(13-16-5-8-21-9-6-16)10-3-11-26(18)20(27)17-4-2-7-22-12-17/h2,4-9,12,18H,3,10-11,13-14H2,1H3. The van der Waals surface area contributed by atoms with Crippen LogP contribution in [0.4, 0.5) is 0 Å². The van der Waals surface area contributed by atoms with Crippen molar-refractivity contribution in [3.8, 4) is 0 Å². The van der Waals surface area contributed by atoms with E-state index in [1.54, 1.807) is 43.8 Å². The molecule has 1 amide bonds. The molecule has 1 fully saturated rings. The molecule has 0 aromatic carbocycles. The molecule has 1 unspecified atom stereocenters. The van der Waals surface area contributed by atoms with Gasteiger partial charge >= 0.3 is 0 Å². The summed E-state index contributed by atoms with van der Waals surface area (Å²) in [5.74, 6) is 0.963. The van der Waals surface area contributed by atoms with Gasteiger partial charge in [0.1, 0.15) is 6.04 Å². The van der Waals surface area contributed by atoms with E-state index in [2.05, 4.69) is 25.0 Å². The highest BCUT2D eigenvalue weighted by molar-refractivity contribution is 5.94. The molecule has 4 rings (SSSR count). The third kappa shape index (κ3) is 4.07. The third-order valence-corrected chi connectivity index (χ3v) is 4.83. The molecule has 1 aliphatic rings. The molecule has 1 saturated heterocycles. The number of nitrogens with zero attached hydrogens (tertiary/aromatic N) is 6. The number of hydrogen-bond acceptors (Lipinski definition) is 7. The summed E-state index contributed by atoms with van der Waals surface area (Å²) in [5.41, 5.74) is 1.74. The summed E-state index contributed by atoms with van der Waals surface area (Å²) >= 11 is 0. The van der Waals surface area contributed by atoms with Gasteiger partial charge in [-0.25, -0.2) is 0 Å². The van der Waals surface area contributed by atoms with Crippen LogP contribution in [0.5, 0.6) is 0 Å². The number of pyridine rings is 2. The van der Waals surface area contributed by atoms with Gasteiger partial charge in [0.15, 0.2) is 5.82 Å². The Hall–Kier alpha value is -3.13. The summed E-state index contributed by atoms with van der Waals surface area (Å²) in [7, 11) is 0. The Morgan fingerprint density at radius 3 is 2.75 bits per heavy atom. The maximum atomic E-state index is 13.2. The van der Waals surface area contributed by atoms with Gasteiger partial charge in [0.05, 0.1) is 5.56 Å². The number of rotatable bonds is 4. The van der Waals surface area contributed by atoms with Crippen LogP contribution in [0.2, 0.25) is 0 Å². The van der Waals surface area contributed by atoms with Crippen LogP contribution in [0.15, 0.2) is 53.6 Å². The lowest BCUT2D eigenvalue weighted by Crippen LogP contribution is -2.38. The van der Waals surface area contributed by atoms with Gasteiger partial charge in [0, 0.05) is 51.0 Å². The first-order chi connectivity index (χ1) is 13.7. The predicted octanol–water partition coefficient (Wildman–Crippen LogP) is 2.26. The molecule has 3 aromatic heterocycles. The molecule has 28 heavy (non-hydrogen) atoms. The van der Waals surface area contributed by atoms with E-state index in [0.29, 0.717) is 30.4 Å². The van der Waals surface area contributed by atoms with Crippen LogP contribution in [0.3, 0.4) is 0 Å². The number of aromatic nitrogens is 4. The Morgan fingerprint density at radius 2 is 2.04 bits per heavy atom. The number of carbonyl (C=O) groups is 1. The van der Waals surface area contributed by atoms with Crippen molar-refractivity contribution >= 4 is 5.91 Å². The zero-order valence-electron chi connectivity index (χ0n) is 15.7. The maximum Gasteiger partial charge on any atom is 0.256 e. The number of amides is 1. The Balaban J connectivity index is 1.61. The lowest BCUT2D eigenvalue weighted by molar-refractivity contribution is 0.0631. The lowest BCUT2D eigenvalue weighted by atomic mass is 10.1. The summed E-state index contributed by atoms with van der Waals surface area (Å²) < 4.78 is 5.47. The molecular formula is C20H22N6O2. The van der Waals surface area contributed by atoms with E-state index < -0.39 is 0 Å². The minimum absolute atomic E-state index is 0.0697. The highest BCUT2D eigenvalue weighted by atomic mass is 16.5. The van der Waals surface area contributed by atoms with E-state index in [4.69, 9.17) is 4.52 Å². The van der Waals surface area contributed by atoms with Crippen LogP contribution in [0.1, 0.15) is 40.1 Å². The maximum absolute atomic E-state index is 13.2. The highest BCUT2D eigenvalue weighted by Gasteiger charge is 2.34. The first-order valence-electron chi connectivity index (χ1n) is 9.33. The van der Waals surface area contributed by atoms with Gasteiger partial charge in [0.2, 0.25) is 0 Å². The van der Waals surface area contributed by atoms with Crippen molar-refractivity contribution < 1.29 is 9.32 Å². The molecule has 8 heteroatoms. The lowest BCUT2D eigenvalue weighted by Gasteiger charge is -2.29. The Kier molecular flexibility index (Phi) is 5.38. The molecule has 0 saturated carbocycles. The van der Waals surface area contributed by atoms with Crippen molar-refractivity contribution in [3.63, 3.8) is 0 Å². The second-order valence-electron chi connectivity index (χ2n) is 6.88. The Labute approximate surface area is 163 Å². The molecule has 0 radical (unpaired) electrons. The van der Waals surface area contributed by atoms with Crippen molar-refractivity contribution in [2.24, 2.45) is 0 Å². The minimum atomic E-state index is -0.307. The van der Waals surface area contributed by atoms with Gasteiger partial charge in [-0.2, -0.15) is 4.98 Å². The average molecular weight is 378 g/mol. The first-order valence-corrected chi connectivity index (χ1v) is 9.33. The van der Waals surface area contributed by atoms with Crippen LogP contribution < -0.4 is 0 Å².